The molecule has 146 valence electrons. The molecule has 26 heavy (non-hydrogen) atoms. The quantitative estimate of drug-likeness (QED) is 0.521. The number of hydrogen-bond acceptors (Lipinski definition) is 6. The summed E-state index contributed by atoms with van der Waals surface area (Å²) < 4.78 is 0. The van der Waals surface area contributed by atoms with Gasteiger partial charge in [-0.3, -0.25) is 24.2 Å². The molecule has 0 aromatic heterocycles. The van der Waals surface area contributed by atoms with E-state index in [1.807, 2.05) is 11.8 Å². The average Bonchev–Trinajstić information content (AvgIpc) is 2.89. The standard InChI is InChI=1S/C15H24N4O3S.CH2O2/c1-16-10-14(21)19(15(16)22)11-13(20)18-4-2-12(3-5-18)17-6-8-23-9-7-17;2-1-3/h12H,2-11H2,1H3;1H,(H,2,3). The SMILES string of the molecule is CN1CC(=O)N(CC(=O)N2CCC(N3CCSCC3)CC2)C1=O.O=CO. The Morgan fingerprint density at radius 1 is 1.19 bits per heavy atom. The Balaban J connectivity index is 0.000000758. The second-order valence-corrected chi connectivity index (χ2v) is 7.71. The largest absolute Gasteiger partial charge is 0.483 e. The normalized spacial score (nSPS) is 22.3. The number of nitrogens with zero attached hydrogens (tertiary/aromatic N) is 4. The van der Waals surface area contributed by atoms with E-state index in [1.165, 1.54) is 16.4 Å². The summed E-state index contributed by atoms with van der Waals surface area (Å²) in [5, 5.41) is 6.89. The van der Waals surface area contributed by atoms with Gasteiger partial charge in [0.15, 0.2) is 0 Å². The predicted molar refractivity (Wildman–Crippen MR) is 96.9 cm³/mol. The van der Waals surface area contributed by atoms with Crippen molar-refractivity contribution in [1.29, 1.82) is 0 Å². The van der Waals surface area contributed by atoms with Gasteiger partial charge in [-0.15, -0.1) is 0 Å². The maximum absolute atomic E-state index is 12.4. The number of piperidine rings is 1. The van der Waals surface area contributed by atoms with Gasteiger partial charge in [0.2, 0.25) is 5.91 Å². The number of urea groups is 1. The highest BCUT2D eigenvalue weighted by Gasteiger charge is 2.36. The van der Waals surface area contributed by atoms with Crippen LogP contribution in [0.2, 0.25) is 0 Å². The van der Waals surface area contributed by atoms with Crippen molar-refractivity contribution in [2.45, 2.75) is 18.9 Å². The van der Waals surface area contributed by atoms with Crippen LogP contribution in [0.5, 0.6) is 0 Å². The minimum Gasteiger partial charge on any atom is -0.483 e. The second-order valence-electron chi connectivity index (χ2n) is 6.48. The van der Waals surface area contributed by atoms with Gasteiger partial charge >= 0.3 is 6.03 Å². The minimum absolute atomic E-state index is 0.0706. The van der Waals surface area contributed by atoms with E-state index in [9.17, 15) is 14.4 Å². The Morgan fingerprint density at radius 2 is 1.77 bits per heavy atom. The lowest BCUT2D eigenvalue weighted by atomic mass is 10.0. The number of likely N-dealkylation sites (N-methyl/N-ethyl adjacent to an activating group) is 1. The molecule has 3 rings (SSSR count). The highest BCUT2D eigenvalue weighted by atomic mass is 32.2. The van der Waals surface area contributed by atoms with Crippen LogP contribution in [0.25, 0.3) is 0 Å². The van der Waals surface area contributed by atoms with Gasteiger partial charge in [0.1, 0.15) is 13.1 Å². The Bertz CT molecular complexity index is 533. The van der Waals surface area contributed by atoms with Gasteiger partial charge in [0.25, 0.3) is 12.4 Å². The molecule has 1 N–H and O–H groups in total. The van der Waals surface area contributed by atoms with Gasteiger partial charge in [-0.25, -0.2) is 4.79 Å². The Hall–Kier alpha value is -1.81. The summed E-state index contributed by atoms with van der Waals surface area (Å²) >= 11 is 2.01. The molecule has 3 aliphatic heterocycles. The number of carbonyl (C=O) groups excluding carboxylic acids is 3. The molecule has 0 atom stereocenters. The van der Waals surface area contributed by atoms with Crippen molar-refractivity contribution in [2.24, 2.45) is 0 Å². The molecule has 0 aliphatic carbocycles. The fourth-order valence-corrected chi connectivity index (χ4v) is 4.41. The van der Waals surface area contributed by atoms with E-state index in [-0.39, 0.29) is 37.4 Å². The predicted octanol–water partition coefficient (Wildman–Crippen LogP) is -0.379. The van der Waals surface area contributed by atoms with Gasteiger partial charge in [-0.2, -0.15) is 11.8 Å². The van der Waals surface area contributed by atoms with Crippen molar-refractivity contribution in [3.8, 4) is 0 Å². The molecule has 0 aromatic rings. The Labute approximate surface area is 157 Å². The summed E-state index contributed by atoms with van der Waals surface area (Å²) in [6.07, 6.45) is 1.97. The van der Waals surface area contributed by atoms with Gasteiger partial charge in [0.05, 0.1) is 0 Å². The third kappa shape index (κ3) is 5.10. The molecule has 0 spiro atoms. The van der Waals surface area contributed by atoms with E-state index in [0.717, 1.165) is 43.9 Å². The maximum Gasteiger partial charge on any atom is 0.327 e. The highest BCUT2D eigenvalue weighted by Crippen LogP contribution is 2.21. The van der Waals surface area contributed by atoms with Crippen molar-refractivity contribution in [3.63, 3.8) is 0 Å². The number of carboxylic acid groups (broad SMARTS) is 1. The summed E-state index contributed by atoms with van der Waals surface area (Å²) in [4.78, 5) is 51.1. The first kappa shape index (κ1) is 20.5. The molecular formula is C16H26N4O5S. The van der Waals surface area contributed by atoms with Gasteiger partial charge in [-0.1, -0.05) is 0 Å². The van der Waals surface area contributed by atoms with Crippen molar-refractivity contribution >= 4 is 36.1 Å². The first-order chi connectivity index (χ1) is 12.5. The summed E-state index contributed by atoms with van der Waals surface area (Å²) in [7, 11) is 1.58. The summed E-state index contributed by atoms with van der Waals surface area (Å²) in [6, 6.07) is 0.199. The van der Waals surface area contributed by atoms with Crippen LogP contribution in [0.1, 0.15) is 12.8 Å². The van der Waals surface area contributed by atoms with Crippen LogP contribution in [0.15, 0.2) is 0 Å². The van der Waals surface area contributed by atoms with Crippen molar-refractivity contribution < 1.29 is 24.3 Å². The van der Waals surface area contributed by atoms with Crippen LogP contribution in [0.3, 0.4) is 0 Å². The number of likely N-dealkylation sites (tertiary alicyclic amines) is 1. The molecule has 3 heterocycles. The summed E-state index contributed by atoms with van der Waals surface area (Å²) in [5.74, 6) is 2.00. The molecule has 3 aliphatic rings. The van der Waals surface area contributed by atoms with Gasteiger partial charge < -0.3 is 14.9 Å². The van der Waals surface area contributed by atoms with Crippen LogP contribution in [-0.2, 0) is 14.4 Å². The molecule has 3 saturated heterocycles. The van der Waals surface area contributed by atoms with Crippen LogP contribution >= 0.6 is 11.8 Å². The molecular weight excluding hydrogens is 360 g/mol. The summed E-state index contributed by atoms with van der Waals surface area (Å²) in [6.45, 7) is 3.44. The van der Waals surface area contributed by atoms with E-state index >= 15 is 0 Å². The van der Waals surface area contributed by atoms with Crippen LogP contribution in [0, 0.1) is 0 Å². The van der Waals surface area contributed by atoms with E-state index in [1.54, 1.807) is 11.9 Å². The zero-order chi connectivity index (χ0) is 19.1. The maximum atomic E-state index is 12.4. The molecule has 9 nitrogen and oxygen atoms in total. The smallest absolute Gasteiger partial charge is 0.327 e. The Kier molecular flexibility index (Phi) is 7.70. The Morgan fingerprint density at radius 3 is 2.27 bits per heavy atom. The molecule has 0 saturated carbocycles. The van der Waals surface area contributed by atoms with Crippen molar-refractivity contribution in [2.75, 3.05) is 57.8 Å². The van der Waals surface area contributed by atoms with Crippen molar-refractivity contribution in [1.82, 2.24) is 19.6 Å². The van der Waals surface area contributed by atoms with E-state index in [0.29, 0.717) is 6.04 Å². The van der Waals surface area contributed by atoms with Crippen LogP contribution in [-0.4, -0.2) is 113 Å². The second kappa shape index (κ2) is 9.77. The van der Waals surface area contributed by atoms with Crippen molar-refractivity contribution in [3.05, 3.63) is 0 Å². The minimum atomic E-state index is -0.371. The topological polar surface area (TPSA) is 101 Å². The monoisotopic (exact) mass is 386 g/mol. The first-order valence-corrected chi connectivity index (χ1v) is 9.86. The first-order valence-electron chi connectivity index (χ1n) is 8.70. The lowest BCUT2D eigenvalue weighted by molar-refractivity contribution is -0.137. The zero-order valence-electron chi connectivity index (χ0n) is 15.0. The van der Waals surface area contributed by atoms with E-state index in [4.69, 9.17) is 9.90 Å². The number of rotatable bonds is 3. The lowest BCUT2D eigenvalue weighted by Crippen LogP contribution is -2.51. The number of hydrogen-bond donors (Lipinski definition) is 1. The molecule has 0 bridgehead atoms. The van der Waals surface area contributed by atoms with E-state index in [2.05, 4.69) is 4.90 Å². The third-order valence-electron chi connectivity index (χ3n) is 4.90. The number of amides is 4. The number of thioether (sulfide) groups is 1. The molecule has 4 amide bonds. The molecule has 0 radical (unpaired) electrons. The number of imide groups is 1. The highest BCUT2D eigenvalue weighted by molar-refractivity contribution is 7.99. The number of carbonyl (C=O) groups is 4. The average molecular weight is 386 g/mol. The summed E-state index contributed by atoms with van der Waals surface area (Å²) in [5.41, 5.74) is 0. The van der Waals surface area contributed by atoms with Gasteiger partial charge in [-0.05, 0) is 12.8 Å². The van der Waals surface area contributed by atoms with Crippen LogP contribution < -0.4 is 0 Å². The molecule has 3 fully saturated rings. The zero-order valence-corrected chi connectivity index (χ0v) is 15.8. The molecule has 0 unspecified atom stereocenters. The molecule has 0 aromatic carbocycles. The fourth-order valence-electron chi connectivity index (χ4n) is 3.48. The third-order valence-corrected chi connectivity index (χ3v) is 5.85. The molecule has 10 heteroatoms. The fraction of sp³-hybridized carbons (Fsp3) is 0.750. The van der Waals surface area contributed by atoms with Crippen LogP contribution in [0.4, 0.5) is 4.79 Å². The van der Waals surface area contributed by atoms with Gasteiger partial charge in [0, 0.05) is 50.8 Å². The lowest BCUT2D eigenvalue weighted by Gasteiger charge is -2.40. The van der Waals surface area contributed by atoms with E-state index < -0.39 is 0 Å².